The van der Waals surface area contributed by atoms with Crippen molar-refractivity contribution in [1.82, 2.24) is 0 Å². The first-order chi connectivity index (χ1) is 11.7. The molecule has 0 bridgehead atoms. The molecule has 0 radical (unpaired) electrons. The predicted octanol–water partition coefficient (Wildman–Crippen LogP) is 4.91. The van der Waals surface area contributed by atoms with E-state index in [2.05, 4.69) is 12.6 Å². The van der Waals surface area contributed by atoms with E-state index in [0.717, 1.165) is 21.9 Å². The Hall–Kier alpha value is -2.89. The number of rotatable bonds is 5. The fourth-order valence-electron chi connectivity index (χ4n) is 3.18. The number of aliphatic hydroxyl groups excluding tert-OH is 1. The van der Waals surface area contributed by atoms with Gasteiger partial charge in [0, 0.05) is 0 Å². The van der Waals surface area contributed by atoms with Crippen molar-refractivity contribution in [2.45, 2.75) is 17.9 Å². The zero-order chi connectivity index (χ0) is 17.0. The number of benzene rings is 3. The third kappa shape index (κ3) is 2.71. The third-order valence-corrected chi connectivity index (χ3v) is 4.51. The summed E-state index contributed by atoms with van der Waals surface area (Å²) in [7, 11) is 0. The quantitative estimate of drug-likeness (QED) is 0.680. The molecule has 0 fully saturated rings. The molecule has 0 spiro atoms. The molecule has 2 heteroatoms. The first-order valence-electron chi connectivity index (χ1n) is 7.96. The van der Waals surface area contributed by atoms with Crippen molar-refractivity contribution in [3.05, 3.63) is 96.6 Å². The van der Waals surface area contributed by atoms with Crippen molar-refractivity contribution in [2.24, 2.45) is 0 Å². The van der Waals surface area contributed by atoms with Crippen molar-refractivity contribution < 1.29 is 5.11 Å². The molecular weight excluding hydrogens is 294 g/mol. The highest BCUT2D eigenvalue weighted by Crippen LogP contribution is 2.41. The van der Waals surface area contributed by atoms with Crippen LogP contribution in [0.1, 0.15) is 23.7 Å². The van der Waals surface area contributed by atoms with E-state index < -0.39 is 11.5 Å². The van der Waals surface area contributed by atoms with E-state index in [4.69, 9.17) is 0 Å². The van der Waals surface area contributed by atoms with E-state index in [1.165, 1.54) is 0 Å². The smallest absolute Gasteiger partial charge is 0.116 e. The van der Waals surface area contributed by atoms with E-state index in [1.54, 1.807) is 6.08 Å². The number of hydrogen-bond donors (Lipinski definition) is 1. The maximum Gasteiger partial charge on any atom is 0.116 e. The van der Waals surface area contributed by atoms with Crippen molar-refractivity contribution in [2.75, 3.05) is 0 Å². The summed E-state index contributed by atoms with van der Waals surface area (Å²) < 4.78 is 0. The fraction of sp³-hybridized carbons (Fsp3) is 0.136. The molecule has 118 valence electrons. The lowest BCUT2D eigenvalue weighted by Crippen LogP contribution is -2.32. The van der Waals surface area contributed by atoms with Gasteiger partial charge in [-0.25, -0.2) is 0 Å². The van der Waals surface area contributed by atoms with E-state index in [9.17, 15) is 10.4 Å². The third-order valence-electron chi connectivity index (χ3n) is 4.51. The van der Waals surface area contributed by atoms with Gasteiger partial charge in [-0.1, -0.05) is 72.8 Å². The summed E-state index contributed by atoms with van der Waals surface area (Å²) in [4.78, 5) is 0. The Labute approximate surface area is 142 Å². The maximum absolute atomic E-state index is 11.1. The van der Waals surface area contributed by atoms with Crippen LogP contribution in [0.3, 0.4) is 0 Å². The van der Waals surface area contributed by atoms with Gasteiger partial charge >= 0.3 is 0 Å². The van der Waals surface area contributed by atoms with Crippen LogP contribution in [0.25, 0.3) is 10.8 Å². The van der Waals surface area contributed by atoms with E-state index >= 15 is 0 Å². The second-order valence-corrected chi connectivity index (χ2v) is 5.95. The molecule has 0 heterocycles. The van der Waals surface area contributed by atoms with Crippen LogP contribution in [0, 0.1) is 11.3 Å². The Bertz CT molecular complexity index is 894. The SMILES string of the molecule is C=CC[C@](C#N)(c1ccccc1)[C@@H](O)c1ccc2ccccc2c1. The summed E-state index contributed by atoms with van der Waals surface area (Å²) >= 11 is 0. The topological polar surface area (TPSA) is 44.0 Å². The van der Waals surface area contributed by atoms with Crippen LogP contribution in [0.2, 0.25) is 0 Å². The van der Waals surface area contributed by atoms with E-state index in [1.807, 2.05) is 72.8 Å². The lowest BCUT2D eigenvalue weighted by molar-refractivity contribution is 0.111. The number of nitrogens with zero attached hydrogens (tertiary/aromatic N) is 1. The van der Waals surface area contributed by atoms with Gasteiger partial charge < -0.3 is 5.11 Å². The molecule has 2 nitrogen and oxygen atoms in total. The van der Waals surface area contributed by atoms with Gasteiger partial charge in [0.25, 0.3) is 0 Å². The summed E-state index contributed by atoms with van der Waals surface area (Å²) in [6.45, 7) is 3.78. The van der Waals surface area contributed by atoms with Crippen LogP contribution in [0.15, 0.2) is 85.5 Å². The second-order valence-electron chi connectivity index (χ2n) is 5.95. The number of hydrogen-bond acceptors (Lipinski definition) is 2. The summed E-state index contributed by atoms with van der Waals surface area (Å²) in [5, 5.41) is 23.2. The molecule has 0 saturated heterocycles. The molecule has 3 aromatic carbocycles. The first kappa shape index (κ1) is 16.0. The monoisotopic (exact) mass is 313 g/mol. The van der Waals surface area contributed by atoms with Gasteiger partial charge in [0.1, 0.15) is 11.5 Å². The summed E-state index contributed by atoms with van der Waals surface area (Å²) in [5.41, 5.74) is 0.486. The van der Waals surface area contributed by atoms with Gasteiger partial charge in [0.05, 0.1) is 6.07 Å². The van der Waals surface area contributed by atoms with Crippen molar-refractivity contribution in [3.8, 4) is 6.07 Å². The molecule has 0 amide bonds. The largest absolute Gasteiger partial charge is 0.386 e. The number of fused-ring (bicyclic) bond motifs is 1. The molecular formula is C22H19NO. The molecule has 0 unspecified atom stereocenters. The van der Waals surface area contributed by atoms with Crippen molar-refractivity contribution in [3.63, 3.8) is 0 Å². The number of nitriles is 1. The van der Waals surface area contributed by atoms with Crippen LogP contribution in [0.4, 0.5) is 0 Å². The van der Waals surface area contributed by atoms with Gasteiger partial charge in [-0.3, -0.25) is 0 Å². The number of allylic oxidation sites excluding steroid dienone is 1. The van der Waals surface area contributed by atoms with Crippen LogP contribution >= 0.6 is 0 Å². The molecule has 0 saturated carbocycles. The molecule has 2 atom stereocenters. The minimum atomic E-state index is -1.05. The Balaban J connectivity index is 2.12. The van der Waals surface area contributed by atoms with Crippen molar-refractivity contribution in [1.29, 1.82) is 5.26 Å². The van der Waals surface area contributed by atoms with Gasteiger partial charge in [0.2, 0.25) is 0 Å². The average molecular weight is 313 g/mol. The Morgan fingerprint density at radius 3 is 2.33 bits per heavy atom. The zero-order valence-electron chi connectivity index (χ0n) is 13.4. The normalized spacial score (nSPS) is 14.5. The lowest BCUT2D eigenvalue weighted by Gasteiger charge is -2.31. The highest BCUT2D eigenvalue weighted by molar-refractivity contribution is 5.83. The average Bonchev–Trinajstić information content (AvgIpc) is 2.66. The molecule has 0 aliphatic heterocycles. The van der Waals surface area contributed by atoms with E-state index in [0.29, 0.717) is 6.42 Å². The Kier molecular flexibility index (Phi) is 4.46. The van der Waals surface area contributed by atoms with Crippen LogP contribution in [0.5, 0.6) is 0 Å². The maximum atomic E-state index is 11.1. The molecule has 3 aromatic rings. The second kappa shape index (κ2) is 6.70. The molecule has 24 heavy (non-hydrogen) atoms. The van der Waals surface area contributed by atoms with Gasteiger partial charge in [0.15, 0.2) is 0 Å². The van der Waals surface area contributed by atoms with Crippen LogP contribution in [-0.2, 0) is 5.41 Å². The molecule has 1 N–H and O–H groups in total. The predicted molar refractivity (Wildman–Crippen MR) is 97.5 cm³/mol. The Morgan fingerprint density at radius 1 is 1.00 bits per heavy atom. The zero-order valence-corrected chi connectivity index (χ0v) is 13.4. The van der Waals surface area contributed by atoms with Crippen LogP contribution in [-0.4, -0.2) is 5.11 Å². The fourth-order valence-corrected chi connectivity index (χ4v) is 3.18. The molecule has 0 aliphatic carbocycles. The van der Waals surface area contributed by atoms with Gasteiger partial charge in [-0.05, 0) is 34.4 Å². The van der Waals surface area contributed by atoms with Gasteiger partial charge in [-0.2, -0.15) is 5.26 Å². The Morgan fingerprint density at radius 2 is 1.67 bits per heavy atom. The minimum Gasteiger partial charge on any atom is -0.386 e. The highest BCUT2D eigenvalue weighted by Gasteiger charge is 2.40. The lowest BCUT2D eigenvalue weighted by atomic mass is 9.72. The van der Waals surface area contributed by atoms with Crippen molar-refractivity contribution >= 4 is 10.8 Å². The molecule has 0 aliphatic rings. The summed E-state index contributed by atoms with van der Waals surface area (Å²) in [6.07, 6.45) is 1.13. The standard InChI is InChI=1S/C22H19NO/c1-2-14-22(16-23,20-10-4-3-5-11-20)21(24)19-13-12-17-8-6-7-9-18(17)15-19/h2-13,15,21,24H,1,14H2/t21-,22-/m0/s1. The van der Waals surface area contributed by atoms with Crippen LogP contribution < -0.4 is 0 Å². The first-order valence-corrected chi connectivity index (χ1v) is 7.96. The number of aliphatic hydroxyl groups is 1. The summed E-state index contributed by atoms with van der Waals surface area (Å²) in [6, 6.07) is 25.6. The molecule has 3 rings (SSSR count). The van der Waals surface area contributed by atoms with E-state index in [-0.39, 0.29) is 0 Å². The highest BCUT2D eigenvalue weighted by atomic mass is 16.3. The summed E-state index contributed by atoms with van der Waals surface area (Å²) in [5.74, 6) is 0. The minimum absolute atomic E-state index is 0.376. The van der Waals surface area contributed by atoms with Gasteiger partial charge in [-0.15, -0.1) is 6.58 Å². The molecule has 0 aromatic heterocycles.